The molecule has 0 radical (unpaired) electrons. The molecule has 0 saturated heterocycles. The van der Waals surface area contributed by atoms with Crippen molar-refractivity contribution in [1.29, 1.82) is 0 Å². The van der Waals surface area contributed by atoms with Crippen LogP contribution in [0.5, 0.6) is 5.75 Å². The third-order valence-electron chi connectivity index (χ3n) is 3.46. The third kappa shape index (κ3) is 5.38. The lowest BCUT2D eigenvalue weighted by molar-refractivity contribution is -0.114. The van der Waals surface area contributed by atoms with Crippen molar-refractivity contribution >= 4 is 63.1 Å². The molecule has 0 unspecified atom stereocenters. The maximum absolute atomic E-state index is 12.1. The first-order chi connectivity index (χ1) is 13.0. The van der Waals surface area contributed by atoms with Crippen molar-refractivity contribution in [3.8, 4) is 5.75 Å². The Bertz CT molecular complexity index is 930. The van der Waals surface area contributed by atoms with Gasteiger partial charge in [0.15, 0.2) is 0 Å². The van der Waals surface area contributed by atoms with E-state index < -0.39 is 0 Å². The van der Waals surface area contributed by atoms with E-state index in [1.54, 1.807) is 24.3 Å². The van der Waals surface area contributed by atoms with Crippen molar-refractivity contribution in [2.45, 2.75) is 0 Å². The molecule has 0 fully saturated rings. The summed E-state index contributed by atoms with van der Waals surface area (Å²) in [6, 6.07) is 14.6. The highest BCUT2D eigenvalue weighted by molar-refractivity contribution is 8.41. The van der Waals surface area contributed by atoms with Crippen molar-refractivity contribution in [1.82, 2.24) is 0 Å². The number of hydrogen-bond acceptors (Lipinski definition) is 5. The summed E-state index contributed by atoms with van der Waals surface area (Å²) in [5, 5.41) is 3.17. The van der Waals surface area contributed by atoms with Crippen LogP contribution in [0, 0.1) is 0 Å². The van der Waals surface area contributed by atoms with E-state index in [-0.39, 0.29) is 17.6 Å². The average molecular weight is 419 g/mol. The molecule has 0 aliphatic carbocycles. The fourth-order valence-corrected chi connectivity index (χ4v) is 4.28. The van der Waals surface area contributed by atoms with Crippen LogP contribution in [0.25, 0.3) is 6.08 Å². The smallest absolute Gasteiger partial charge is 0.285 e. The topological polar surface area (TPSA) is 67.8 Å². The van der Waals surface area contributed by atoms with E-state index in [2.05, 4.69) is 10.3 Å². The van der Waals surface area contributed by atoms with Gasteiger partial charge in [-0.25, -0.2) is 0 Å². The lowest BCUT2D eigenvalue weighted by Gasteiger charge is -2.07. The number of thioether (sulfide) groups is 2. The van der Waals surface area contributed by atoms with Gasteiger partial charge in [-0.05, 0) is 29.8 Å². The van der Waals surface area contributed by atoms with Gasteiger partial charge in [-0.15, -0.1) is 0 Å². The maximum atomic E-state index is 12.1. The van der Waals surface area contributed by atoms with Gasteiger partial charge >= 0.3 is 0 Å². The van der Waals surface area contributed by atoms with Gasteiger partial charge in [-0.2, -0.15) is 4.99 Å². The molecule has 3 rings (SSSR count). The van der Waals surface area contributed by atoms with Crippen LogP contribution in [-0.4, -0.2) is 29.1 Å². The number of amides is 2. The van der Waals surface area contributed by atoms with Crippen molar-refractivity contribution in [3.63, 3.8) is 0 Å². The summed E-state index contributed by atoms with van der Waals surface area (Å²) in [5.41, 5.74) is 1.51. The van der Waals surface area contributed by atoms with E-state index in [1.165, 1.54) is 30.6 Å². The number of carbonyl (C=O) groups excluding carboxylic acids is 2. The molecule has 2 aromatic rings. The largest absolute Gasteiger partial charge is 0.495 e. The third-order valence-corrected chi connectivity index (χ3v) is 5.88. The Kier molecular flexibility index (Phi) is 6.60. The number of hydrogen-bond donors (Lipinski definition) is 1. The van der Waals surface area contributed by atoms with Crippen LogP contribution in [-0.2, 0) is 9.59 Å². The lowest BCUT2D eigenvalue weighted by Crippen LogP contribution is -2.14. The molecule has 0 atom stereocenters. The van der Waals surface area contributed by atoms with Gasteiger partial charge in [0.25, 0.3) is 5.91 Å². The Labute approximate surface area is 170 Å². The highest BCUT2D eigenvalue weighted by Crippen LogP contribution is 2.34. The highest BCUT2D eigenvalue weighted by Gasteiger charge is 2.22. The molecule has 5 nitrogen and oxygen atoms in total. The predicted octanol–water partition coefficient (Wildman–Crippen LogP) is 4.69. The van der Waals surface area contributed by atoms with Crippen LogP contribution >= 0.6 is 35.1 Å². The Morgan fingerprint density at radius 2 is 2.07 bits per heavy atom. The van der Waals surface area contributed by atoms with Crippen LogP contribution in [0.1, 0.15) is 5.56 Å². The van der Waals surface area contributed by atoms with Crippen molar-refractivity contribution in [2.24, 2.45) is 4.99 Å². The summed E-state index contributed by atoms with van der Waals surface area (Å²) in [6.07, 6.45) is 1.80. The fraction of sp³-hybridized carbons (Fsp3) is 0.105. The number of anilines is 1. The number of carbonyl (C=O) groups is 2. The zero-order valence-electron chi connectivity index (χ0n) is 14.3. The lowest BCUT2D eigenvalue weighted by atomic mass is 10.2. The number of ether oxygens (including phenoxy) is 1. The molecular weight excluding hydrogens is 404 g/mol. The van der Waals surface area contributed by atoms with Crippen LogP contribution in [0.15, 0.2) is 58.4 Å². The second kappa shape index (κ2) is 9.12. The maximum Gasteiger partial charge on any atom is 0.285 e. The van der Waals surface area contributed by atoms with E-state index in [4.69, 9.17) is 16.3 Å². The van der Waals surface area contributed by atoms with Crippen LogP contribution in [0.4, 0.5) is 5.69 Å². The first-order valence-electron chi connectivity index (χ1n) is 7.89. The molecule has 2 aromatic carbocycles. The normalized spacial score (nSPS) is 15.0. The van der Waals surface area contributed by atoms with Gasteiger partial charge < -0.3 is 10.1 Å². The second-order valence-electron chi connectivity index (χ2n) is 5.39. The number of nitrogens with one attached hydrogen (secondary N) is 1. The SMILES string of the molecule is COc1ccc(NC(=O)CSC2=NC(=O)C(=Cc3ccccc3)S2)cc1Cl. The zero-order valence-corrected chi connectivity index (χ0v) is 16.7. The van der Waals surface area contributed by atoms with Gasteiger partial charge in [-0.3, -0.25) is 9.59 Å². The molecular formula is C19H15ClN2O3S2. The number of methoxy groups -OCH3 is 1. The number of halogens is 1. The van der Waals surface area contributed by atoms with Crippen LogP contribution in [0.2, 0.25) is 5.02 Å². The van der Waals surface area contributed by atoms with Crippen LogP contribution < -0.4 is 10.1 Å². The van der Waals surface area contributed by atoms with Gasteiger partial charge in [0.2, 0.25) is 5.91 Å². The first kappa shape index (κ1) is 19.5. The summed E-state index contributed by atoms with van der Waals surface area (Å²) in [5.74, 6) is 0.185. The van der Waals surface area contributed by atoms with Crippen molar-refractivity contribution < 1.29 is 14.3 Å². The van der Waals surface area contributed by atoms with Crippen LogP contribution in [0.3, 0.4) is 0 Å². The van der Waals surface area contributed by atoms with Gasteiger partial charge in [-0.1, -0.05) is 65.5 Å². The number of benzene rings is 2. The quantitative estimate of drug-likeness (QED) is 0.713. The molecule has 2 amide bonds. The summed E-state index contributed by atoms with van der Waals surface area (Å²) in [6.45, 7) is 0. The first-order valence-corrected chi connectivity index (χ1v) is 10.1. The summed E-state index contributed by atoms with van der Waals surface area (Å²) >= 11 is 8.54. The van der Waals surface area contributed by atoms with Crippen molar-refractivity contribution in [2.75, 3.05) is 18.2 Å². The van der Waals surface area contributed by atoms with Gasteiger partial charge in [0.05, 0.1) is 22.8 Å². The zero-order chi connectivity index (χ0) is 19.2. The van der Waals surface area contributed by atoms with E-state index in [9.17, 15) is 9.59 Å². The molecule has 1 aliphatic rings. The Hall–Kier alpha value is -2.22. The molecule has 0 spiro atoms. The van der Waals surface area contributed by atoms with E-state index >= 15 is 0 Å². The Balaban J connectivity index is 1.54. The number of aliphatic imine (C=N–C) groups is 1. The summed E-state index contributed by atoms with van der Waals surface area (Å²) < 4.78 is 5.64. The fourth-order valence-electron chi connectivity index (χ4n) is 2.22. The van der Waals surface area contributed by atoms with E-state index in [1.807, 2.05) is 30.3 Å². The molecule has 27 heavy (non-hydrogen) atoms. The molecule has 0 bridgehead atoms. The monoisotopic (exact) mass is 418 g/mol. The van der Waals surface area contributed by atoms with E-state index in [0.717, 1.165) is 5.56 Å². The minimum absolute atomic E-state index is 0.140. The molecule has 0 saturated carbocycles. The van der Waals surface area contributed by atoms with Gasteiger partial charge in [0.1, 0.15) is 10.1 Å². The number of nitrogens with zero attached hydrogens (tertiary/aromatic N) is 1. The summed E-state index contributed by atoms with van der Waals surface area (Å²) in [7, 11) is 1.53. The standard InChI is InChI=1S/C19H15ClN2O3S2/c1-25-15-8-7-13(10-14(15)20)21-17(23)11-26-19-22-18(24)16(27-19)9-12-5-3-2-4-6-12/h2-10H,11H2,1H3,(H,21,23). The second-order valence-corrected chi connectivity index (χ2v) is 8.05. The predicted molar refractivity (Wildman–Crippen MR) is 114 cm³/mol. The molecule has 1 aliphatic heterocycles. The molecule has 1 heterocycles. The summed E-state index contributed by atoms with van der Waals surface area (Å²) in [4.78, 5) is 28.7. The minimum Gasteiger partial charge on any atom is -0.495 e. The molecule has 0 aromatic heterocycles. The van der Waals surface area contributed by atoms with Gasteiger partial charge in [0, 0.05) is 5.69 Å². The molecule has 8 heteroatoms. The minimum atomic E-state index is -0.284. The van der Waals surface area contributed by atoms with E-state index in [0.29, 0.717) is 25.7 Å². The highest BCUT2D eigenvalue weighted by atomic mass is 35.5. The Morgan fingerprint density at radius 1 is 1.30 bits per heavy atom. The van der Waals surface area contributed by atoms with Crippen molar-refractivity contribution in [3.05, 3.63) is 64.0 Å². The number of rotatable bonds is 5. The molecule has 1 N–H and O–H groups in total. The Morgan fingerprint density at radius 3 is 2.78 bits per heavy atom. The average Bonchev–Trinajstić information content (AvgIpc) is 3.00. The molecule has 138 valence electrons.